The third-order valence-electron chi connectivity index (χ3n) is 6.43. The molecule has 2 aromatic heterocycles. The van der Waals surface area contributed by atoms with Crippen LogP contribution in [0.4, 0.5) is 17.2 Å². The monoisotopic (exact) mass is 491 g/mol. The molecule has 1 aliphatic rings. The number of piperidine rings is 1. The Bertz CT molecular complexity index is 1460. The van der Waals surface area contributed by atoms with Gasteiger partial charge in [-0.05, 0) is 48.7 Å². The van der Waals surface area contributed by atoms with Gasteiger partial charge >= 0.3 is 0 Å². The Labute approximate surface area is 205 Å². The fraction of sp³-hybridized carbons (Fsp3) is 0.308. The maximum absolute atomic E-state index is 12.3. The lowest BCUT2D eigenvalue weighted by molar-refractivity contribution is 0.145. The average Bonchev–Trinajstić information content (AvgIpc) is 3.20. The average molecular weight is 492 g/mol. The van der Waals surface area contributed by atoms with Gasteiger partial charge in [0.25, 0.3) is 0 Å². The highest BCUT2D eigenvalue weighted by Gasteiger charge is 2.18. The molecule has 0 amide bonds. The van der Waals surface area contributed by atoms with E-state index < -0.39 is 9.84 Å². The summed E-state index contributed by atoms with van der Waals surface area (Å²) in [5.41, 5.74) is 4.32. The van der Waals surface area contributed by atoms with E-state index in [2.05, 4.69) is 34.5 Å². The molecule has 0 unspecified atom stereocenters. The molecule has 1 saturated heterocycles. The van der Waals surface area contributed by atoms with Crippen LogP contribution in [-0.2, 0) is 23.3 Å². The number of aliphatic hydroxyl groups is 1. The second-order valence-electron chi connectivity index (χ2n) is 9.10. The third kappa shape index (κ3) is 5.01. The van der Waals surface area contributed by atoms with Gasteiger partial charge in [0.2, 0.25) is 0 Å². The SMILES string of the molecule is Cn1ccc2nc(Cc3ccc(N4CCC(O)CC4)cc3)nc(Nc3ccccc3S(C)(=O)=O)c21. The Morgan fingerprint density at radius 3 is 2.46 bits per heavy atom. The van der Waals surface area contributed by atoms with Crippen LogP contribution in [0.2, 0.25) is 0 Å². The van der Waals surface area contributed by atoms with E-state index in [0.29, 0.717) is 23.8 Å². The van der Waals surface area contributed by atoms with E-state index >= 15 is 0 Å². The van der Waals surface area contributed by atoms with Gasteiger partial charge in [-0.15, -0.1) is 0 Å². The second-order valence-corrected chi connectivity index (χ2v) is 11.1. The maximum Gasteiger partial charge on any atom is 0.177 e. The first-order valence-electron chi connectivity index (χ1n) is 11.7. The van der Waals surface area contributed by atoms with Gasteiger partial charge in [0.05, 0.1) is 22.2 Å². The van der Waals surface area contributed by atoms with Gasteiger partial charge in [0, 0.05) is 44.7 Å². The summed E-state index contributed by atoms with van der Waals surface area (Å²) in [7, 11) is -1.50. The number of rotatable bonds is 6. The van der Waals surface area contributed by atoms with Gasteiger partial charge in [-0.25, -0.2) is 18.4 Å². The summed E-state index contributed by atoms with van der Waals surface area (Å²) >= 11 is 0. The fourth-order valence-corrected chi connectivity index (χ4v) is 5.40. The Morgan fingerprint density at radius 1 is 1.03 bits per heavy atom. The molecule has 0 radical (unpaired) electrons. The number of nitrogens with zero attached hydrogens (tertiary/aromatic N) is 4. The number of aliphatic hydroxyl groups excluding tert-OH is 1. The number of nitrogens with one attached hydrogen (secondary N) is 1. The van der Waals surface area contributed by atoms with E-state index in [1.165, 1.54) is 6.26 Å². The Hall–Kier alpha value is -3.43. The van der Waals surface area contributed by atoms with Crippen molar-refractivity contribution in [3.05, 3.63) is 72.2 Å². The minimum absolute atomic E-state index is 0.192. The first-order chi connectivity index (χ1) is 16.8. The molecule has 3 heterocycles. The van der Waals surface area contributed by atoms with Gasteiger partial charge < -0.3 is 19.9 Å². The van der Waals surface area contributed by atoms with Crippen molar-refractivity contribution in [3.63, 3.8) is 0 Å². The highest BCUT2D eigenvalue weighted by atomic mass is 32.2. The van der Waals surface area contributed by atoms with E-state index in [4.69, 9.17) is 9.97 Å². The van der Waals surface area contributed by atoms with Crippen molar-refractivity contribution < 1.29 is 13.5 Å². The molecule has 4 aromatic rings. The summed E-state index contributed by atoms with van der Waals surface area (Å²) in [6, 6.07) is 17.2. The number of aromatic nitrogens is 3. The van der Waals surface area contributed by atoms with E-state index in [1.54, 1.807) is 24.3 Å². The van der Waals surface area contributed by atoms with Crippen molar-refractivity contribution in [3.8, 4) is 0 Å². The summed E-state index contributed by atoms with van der Waals surface area (Å²) in [6.45, 7) is 1.72. The summed E-state index contributed by atoms with van der Waals surface area (Å²) in [5, 5.41) is 13.0. The molecule has 5 rings (SSSR count). The lowest BCUT2D eigenvalue weighted by Gasteiger charge is -2.31. The van der Waals surface area contributed by atoms with Crippen LogP contribution in [0.15, 0.2) is 65.7 Å². The van der Waals surface area contributed by atoms with Crippen molar-refractivity contribution in [2.45, 2.75) is 30.3 Å². The molecule has 2 aromatic carbocycles. The van der Waals surface area contributed by atoms with E-state index in [1.807, 2.05) is 23.9 Å². The van der Waals surface area contributed by atoms with Crippen LogP contribution in [0.25, 0.3) is 11.0 Å². The number of hydrogen-bond acceptors (Lipinski definition) is 7. The lowest BCUT2D eigenvalue weighted by Crippen LogP contribution is -2.35. The van der Waals surface area contributed by atoms with Crippen LogP contribution >= 0.6 is 0 Å². The summed E-state index contributed by atoms with van der Waals surface area (Å²) in [4.78, 5) is 12.1. The van der Waals surface area contributed by atoms with Crippen LogP contribution in [0.3, 0.4) is 0 Å². The smallest absolute Gasteiger partial charge is 0.177 e. The Balaban J connectivity index is 1.44. The first kappa shape index (κ1) is 23.3. The molecule has 2 N–H and O–H groups in total. The van der Waals surface area contributed by atoms with Crippen molar-refractivity contribution in [2.24, 2.45) is 7.05 Å². The van der Waals surface area contributed by atoms with Crippen LogP contribution in [0.1, 0.15) is 24.2 Å². The van der Waals surface area contributed by atoms with Crippen molar-refractivity contribution in [2.75, 3.05) is 29.6 Å². The number of fused-ring (bicyclic) bond motifs is 1. The molecule has 0 atom stereocenters. The normalized spacial score (nSPS) is 15.0. The predicted octanol–water partition coefficient (Wildman–Crippen LogP) is 3.67. The van der Waals surface area contributed by atoms with Crippen molar-refractivity contribution in [1.29, 1.82) is 0 Å². The van der Waals surface area contributed by atoms with E-state index in [9.17, 15) is 13.5 Å². The number of sulfone groups is 1. The molecule has 9 heteroatoms. The molecular formula is C26H29N5O3S. The number of para-hydroxylation sites is 1. The lowest BCUT2D eigenvalue weighted by atomic mass is 10.1. The molecule has 35 heavy (non-hydrogen) atoms. The number of aryl methyl sites for hydroxylation is 1. The van der Waals surface area contributed by atoms with Gasteiger partial charge in [-0.1, -0.05) is 24.3 Å². The van der Waals surface area contributed by atoms with Crippen molar-refractivity contribution >= 4 is 38.1 Å². The zero-order valence-corrected chi connectivity index (χ0v) is 20.7. The summed E-state index contributed by atoms with van der Waals surface area (Å²) in [5.74, 6) is 1.22. The van der Waals surface area contributed by atoms with Crippen LogP contribution in [0.5, 0.6) is 0 Å². The topological polar surface area (TPSA) is 100 Å². The molecule has 8 nitrogen and oxygen atoms in total. The van der Waals surface area contributed by atoms with Gasteiger partial charge in [0.15, 0.2) is 15.7 Å². The highest BCUT2D eigenvalue weighted by Crippen LogP contribution is 2.29. The second kappa shape index (κ2) is 9.31. The molecule has 0 spiro atoms. The van der Waals surface area contributed by atoms with E-state index in [-0.39, 0.29) is 11.0 Å². The van der Waals surface area contributed by atoms with Crippen LogP contribution < -0.4 is 10.2 Å². The molecule has 1 aliphatic heterocycles. The maximum atomic E-state index is 12.3. The number of hydrogen-bond donors (Lipinski definition) is 2. The largest absolute Gasteiger partial charge is 0.393 e. The number of benzene rings is 2. The minimum atomic E-state index is -3.41. The minimum Gasteiger partial charge on any atom is -0.393 e. The first-order valence-corrected chi connectivity index (χ1v) is 13.6. The van der Waals surface area contributed by atoms with E-state index in [0.717, 1.165) is 48.2 Å². The highest BCUT2D eigenvalue weighted by molar-refractivity contribution is 7.90. The molecule has 1 fully saturated rings. The molecule has 0 bridgehead atoms. The van der Waals surface area contributed by atoms with Gasteiger partial charge in [-0.3, -0.25) is 0 Å². The van der Waals surface area contributed by atoms with Crippen LogP contribution in [-0.4, -0.2) is 53.5 Å². The molecule has 182 valence electrons. The molecule has 0 saturated carbocycles. The van der Waals surface area contributed by atoms with Gasteiger partial charge in [-0.2, -0.15) is 0 Å². The quantitative estimate of drug-likeness (QED) is 0.424. The van der Waals surface area contributed by atoms with Crippen LogP contribution in [0, 0.1) is 0 Å². The summed E-state index contributed by atoms with van der Waals surface area (Å²) in [6.07, 6.45) is 5.07. The van der Waals surface area contributed by atoms with Gasteiger partial charge in [0.1, 0.15) is 11.3 Å². The fourth-order valence-electron chi connectivity index (χ4n) is 4.56. The Kier molecular flexibility index (Phi) is 6.21. The third-order valence-corrected chi connectivity index (χ3v) is 7.59. The molecular weight excluding hydrogens is 462 g/mol. The molecule has 0 aliphatic carbocycles. The van der Waals surface area contributed by atoms with Crippen molar-refractivity contribution in [1.82, 2.24) is 14.5 Å². The predicted molar refractivity (Wildman–Crippen MR) is 138 cm³/mol. The zero-order chi connectivity index (χ0) is 24.6. The number of anilines is 3. The summed E-state index contributed by atoms with van der Waals surface area (Å²) < 4.78 is 26.5. The zero-order valence-electron chi connectivity index (χ0n) is 19.8. The Morgan fingerprint density at radius 2 is 1.74 bits per heavy atom. The standard InChI is InChI=1S/C26H29N5O3S/c1-30-14-13-22-25(30)26(28-21-5-3-4-6-23(21)35(2,33)34)29-24(27-22)17-18-7-9-19(10-8-18)31-15-11-20(32)12-16-31/h3-10,13-14,20,32H,11-12,15-17H2,1-2H3,(H,27,28,29).